The van der Waals surface area contributed by atoms with Crippen LogP contribution >= 0.6 is 0 Å². The molecule has 0 atom stereocenters. The molecule has 29 heavy (non-hydrogen) atoms. The van der Waals surface area contributed by atoms with Gasteiger partial charge in [0, 0.05) is 18.7 Å². The highest BCUT2D eigenvalue weighted by molar-refractivity contribution is 5.80. The lowest BCUT2D eigenvalue weighted by atomic mass is 10.1. The van der Waals surface area contributed by atoms with Crippen LogP contribution in [0.3, 0.4) is 0 Å². The second kappa shape index (κ2) is 9.77. The molecule has 0 fully saturated rings. The van der Waals surface area contributed by atoms with Gasteiger partial charge in [-0.05, 0) is 24.6 Å². The van der Waals surface area contributed by atoms with Gasteiger partial charge in [-0.15, -0.1) is 0 Å². The molecule has 0 aliphatic carbocycles. The molecular weight excluding hydrogens is 374 g/mol. The highest BCUT2D eigenvalue weighted by Crippen LogP contribution is 2.34. The molecule has 0 bridgehead atoms. The van der Waals surface area contributed by atoms with Gasteiger partial charge in [0.2, 0.25) is 6.79 Å². The van der Waals surface area contributed by atoms with Crippen molar-refractivity contribution in [2.45, 2.75) is 20.0 Å². The first-order chi connectivity index (χ1) is 14.2. The Morgan fingerprint density at radius 2 is 1.69 bits per heavy atom. The summed E-state index contributed by atoms with van der Waals surface area (Å²) in [6, 6.07) is 9.49. The minimum absolute atomic E-state index is 0.262. The molecule has 1 aliphatic rings. The fourth-order valence-corrected chi connectivity index (χ4v) is 2.98. The zero-order valence-electron chi connectivity index (χ0n) is 17.2. The molecule has 0 saturated carbocycles. The van der Waals surface area contributed by atoms with Crippen LogP contribution in [0.25, 0.3) is 0 Å². The maximum absolute atomic E-state index is 5.51. The average Bonchev–Trinajstić information content (AvgIpc) is 3.22. The number of nitrogens with zero attached hydrogens (tertiary/aromatic N) is 1. The molecule has 0 aromatic heterocycles. The van der Waals surface area contributed by atoms with Crippen LogP contribution in [-0.4, -0.2) is 40.6 Å². The first-order valence-electron chi connectivity index (χ1n) is 9.38. The van der Waals surface area contributed by atoms with Crippen LogP contribution in [0.5, 0.6) is 28.7 Å². The Kier molecular flexibility index (Phi) is 6.89. The summed E-state index contributed by atoms with van der Waals surface area (Å²) in [7, 11) is 4.85. The summed E-state index contributed by atoms with van der Waals surface area (Å²) in [4.78, 5) is 4.66. The van der Waals surface area contributed by atoms with Gasteiger partial charge < -0.3 is 34.3 Å². The van der Waals surface area contributed by atoms with Gasteiger partial charge >= 0.3 is 0 Å². The summed E-state index contributed by atoms with van der Waals surface area (Å²) in [6.07, 6.45) is 0. The third kappa shape index (κ3) is 4.96. The topological polar surface area (TPSA) is 82.6 Å². The molecule has 2 aromatic rings. The van der Waals surface area contributed by atoms with Crippen LogP contribution in [0.15, 0.2) is 35.3 Å². The quantitative estimate of drug-likeness (QED) is 0.520. The van der Waals surface area contributed by atoms with Gasteiger partial charge in [-0.25, -0.2) is 4.99 Å². The summed E-state index contributed by atoms with van der Waals surface area (Å²) in [6.45, 7) is 4.00. The van der Waals surface area contributed by atoms with E-state index in [-0.39, 0.29) is 6.79 Å². The number of aliphatic imine (C=N–C) groups is 1. The highest BCUT2D eigenvalue weighted by Gasteiger charge is 2.15. The standard InChI is InChI=1S/C21H27N3O5/c1-5-22-21(23-11-14-6-7-17-20(8-14)29-13-28-17)24-12-16-18(26-3)9-15(25-2)10-19(16)27-4/h6-10H,5,11-13H2,1-4H3,(H2,22,23,24). The van der Waals surface area contributed by atoms with Crippen molar-refractivity contribution in [1.29, 1.82) is 0 Å². The number of methoxy groups -OCH3 is 3. The summed E-state index contributed by atoms with van der Waals surface area (Å²) in [5, 5.41) is 6.58. The first-order valence-corrected chi connectivity index (χ1v) is 9.38. The molecule has 0 unspecified atom stereocenters. The number of benzene rings is 2. The third-order valence-corrected chi connectivity index (χ3v) is 4.45. The van der Waals surface area contributed by atoms with E-state index >= 15 is 0 Å². The van der Waals surface area contributed by atoms with Gasteiger partial charge in [0.15, 0.2) is 17.5 Å². The number of ether oxygens (including phenoxy) is 5. The normalized spacial score (nSPS) is 12.5. The van der Waals surface area contributed by atoms with Crippen LogP contribution in [-0.2, 0) is 13.1 Å². The second-order valence-corrected chi connectivity index (χ2v) is 6.25. The Labute approximate surface area is 170 Å². The van der Waals surface area contributed by atoms with Crippen molar-refractivity contribution in [2.24, 2.45) is 4.99 Å². The lowest BCUT2D eigenvalue weighted by Crippen LogP contribution is -2.37. The largest absolute Gasteiger partial charge is 0.496 e. The lowest BCUT2D eigenvalue weighted by Gasteiger charge is -2.17. The van der Waals surface area contributed by atoms with Crippen molar-refractivity contribution < 1.29 is 23.7 Å². The van der Waals surface area contributed by atoms with Gasteiger partial charge in [-0.3, -0.25) is 0 Å². The van der Waals surface area contributed by atoms with E-state index in [4.69, 9.17) is 23.7 Å². The Morgan fingerprint density at radius 1 is 0.966 bits per heavy atom. The maximum Gasteiger partial charge on any atom is 0.231 e. The van der Waals surface area contributed by atoms with E-state index < -0.39 is 0 Å². The fraction of sp³-hybridized carbons (Fsp3) is 0.381. The van der Waals surface area contributed by atoms with Crippen molar-refractivity contribution >= 4 is 5.96 Å². The number of fused-ring (bicyclic) bond motifs is 1. The van der Waals surface area contributed by atoms with E-state index in [9.17, 15) is 0 Å². The highest BCUT2D eigenvalue weighted by atomic mass is 16.7. The number of hydrogen-bond donors (Lipinski definition) is 2. The van der Waals surface area contributed by atoms with E-state index in [0.717, 1.165) is 29.2 Å². The van der Waals surface area contributed by atoms with E-state index in [2.05, 4.69) is 15.6 Å². The molecule has 156 valence electrons. The van der Waals surface area contributed by atoms with E-state index in [1.54, 1.807) is 21.3 Å². The minimum atomic E-state index is 0.262. The van der Waals surface area contributed by atoms with Gasteiger partial charge in [0.25, 0.3) is 0 Å². The van der Waals surface area contributed by atoms with Crippen molar-refractivity contribution in [3.63, 3.8) is 0 Å². The molecule has 2 aromatic carbocycles. The third-order valence-electron chi connectivity index (χ3n) is 4.45. The summed E-state index contributed by atoms with van der Waals surface area (Å²) in [5.74, 6) is 4.24. The molecule has 8 nitrogen and oxygen atoms in total. The van der Waals surface area contributed by atoms with Crippen LogP contribution in [0.1, 0.15) is 18.1 Å². The van der Waals surface area contributed by atoms with Crippen molar-refractivity contribution in [3.05, 3.63) is 41.5 Å². The summed E-state index contributed by atoms with van der Waals surface area (Å²) < 4.78 is 27.1. The Hall–Kier alpha value is -3.29. The van der Waals surface area contributed by atoms with Gasteiger partial charge in [0.05, 0.1) is 40.0 Å². The summed E-state index contributed by atoms with van der Waals surface area (Å²) in [5.41, 5.74) is 1.91. The molecule has 1 heterocycles. The molecule has 0 spiro atoms. The van der Waals surface area contributed by atoms with Gasteiger partial charge in [-0.1, -0.05) is 6.07 Å². The van der Waals surface area contributed by atoms with Crippen LogP contribution in [0, 0.1) is 0 Å². The van der Waals surface area contributed by atoms with E-state index in [1.165, 1.54) is 0 Å². The number of guanidine groups is 1. The molecule has 0 radical (unpaired) electrons. The Bertz CT molecular complexity index is 844. The van der Waals surface area contributed by atoms with Crippen molar-refractivity contribution in [1.82, 2.24) is 10.6 Å². The monoisotopic (exact) mass is 401 g/mol. The number of nitrogens with one attached hydrogen (secondary N) is 2. The second-order valence-electron chi connectivity index (χ2n) is 6.25. The smallest absolute Gasteiger partial charge is 0.231 e. The van der Waals surface area contributed by atoms with Crippen molar-refractivity contribution in [2.75, 3.05) is 34.7 Å². The van der Waals surface area contributed by atoms with Crippen molar-refractivity contribution in [3.8, 4) is 28.7 Å². The average molecular weight is 401 g/mol. The zero-order chi connectivity index (χ0) is 20.6. The van der Waals surface area contributed by atoms with E-state index in [0.29, 0.717) is 36.3 Å². The fourth-order valence-electron chi connectivity index (χ4n) is 2.98. The lowest BCUT2D eigenvalue weighted by molar-refractivity contribution is 0.174. The molecular formula is C21H27N3O5. The molecule has 3 rings (SSSR count). The number of rotatable bonds is 8. The zero-order valence-corrected chi connectivity index (χ0v) is 17.2. The van der Waals surface area contributed by atoms with E-state index in [1.807, 2.05) is 37.3 Å². The molecule has 2 N–H and O–H groups in total. The predicted octanol–water partition coefficient (Wildman–Crippen LogP) is 2.70. The Balaban J connectivity index is 1.73. The summed E-state index contributed by atoms with van der Waals surface area (Å²) >= 11 is 0. The van der Waals surface area contributed by atoms with Crippen LogP contribution in [0.2, 0.25) is 0 Å². The maximum atomic E-state index is 5.51. The van der Waals surface area contributed by atoms with Gasteiger partial charge in [-0.2, -0.15) is 0 Å². The van der Waals surface area contributed by atoms with Gasteiger partial charge in [0.1, 0.15) is 17.2 Å². The first kappa shape index (κ1) is 20.4. The molecule has 1 aliphatic heterocycles. The predicted molar refractivity (Wildman–Crippen MR) is 110 cm³/mol. The molecule has 0 saturated heterocycles. The Morgan fingerprint density at radius 3 is 2.34 bits per heavy atom. The van der Waals surface area contributed by atoms with Crippen LogP contribution in [0.4, 0.5) is 0 Å². The SMILES string of the molecule is CCNC(=NCc1ccc2c(c1)OCO2)NCc1c(OC)cc(OC)cc1OC. The molecule has 8 heteroatoms. The number of hydrogen-bond acceptors (Lipinski definition) is 6. The van der Waals surface area contributed by atoms with Crippen LogP contribution < -0.4 is 34.3 Å². The molecule has 0 amide bonds. The minimum Gasteiger partial charge on any atom is -0.496 e.